The maximum Gasteiger partial charge on any atom is 0.414 e. The van der Waals surface area contributed by atoms with Gasteiger partial charge in [0.05, 0.1) is 12.2 Å². The van der Waals surface area contributed by atoms with Gasteiger partial charge in [-0.2, -0.15) is 0 Å². The van der Waals surface area contributed by atoms with E-state index in [9.17, 15) is 13.6 Å². The Hall–Kier alpha value is -1.89. The summed E-state index contributed by atoms with van der Waals surface area (Å²) in [6.07, 6.45) is -0.112. The average Bonchev–Trinajstić information content (AvgIpc) is 2.89. The molecule has 1 atom stereocenters. The number of nitrogens with one attached hydrogen (secondary N) is 1. The predicted molar refractivity (Wildman–Crippen MR) is 79.3 cm³/mol. The number of cyclic esters (lactones) is 1. The SMILES string of the molecule is CCC1CN(c2cc(F)c(N3CCNCC3)c(F)c2)C(=O)O1. The summed E-state index contributed by atoms with van der Waals surface area (Å²) in [5.41, 5.74) is 0.180. The van der Waals surface area contributed by atoms with Crippen molar-refractivity contribution in [3.05, 3.63) is 23.8 Å². The molecule has 1 aromatic carbocycles. The standard InChI is InChI=1S/C15H19F2N3O2/c1-2-11-9-20(15(21)22-11)10-7-12(16)14(13(17)8-10)19-5-3-18-4-6-19/h7-8,11,18H,2-6,9H2,1H3. The van der Waals surface area contributed by atoms with Crippen LogP contribution < -0.4 is 15.1 Å². The number of benzene rings is 1. The maximum atomic E-state index is 14.4. The van der Waals surface area contributed by atoms with E-state index in [1.54, 1.807) is 4.90 Å². The van der Waals surface area contributed by atoms with E-state index in [-0.39, 0.29) is 17.5 Å². The fourth-order valence-electron chi connectivity index (χ4n) is 2.84. The molecule has 22 heavy (non-hydrogen) atoms. The zero-order valence-electron chi connectivity index (χ0n) is 12.4. The van der Waals surface area contributed by atoms with E-state index < -0.39 is 17.7 Å². The third kappa shape index (κ3) is 2.72. The summed E-state index contributed by atoms with van der Waals surface area (Å²) in [6.45, 7) is 4.71. The number of rotatable bonds is 3. The van der Waals surface area contributed by atoms with Crippen molar-refractivity contribution < 1.29 is 18.3 Å². The molecule has 2 saturated heterocycles. The van der Waals surface area contributed by atoms with Gasteiger partial charge in [-0.25, -0.2) is 13.6 Å². The van der Waals surface area contributed by atoms with E-state index in [0.717, 1.165) is 0 Å². The van der Waals surface area contributed by atoms with Gasteiger partial charge in [-0.3, -0.25) is 4.90 Å². The minimum Gasteiger partial charge on any atom is -0.444 e. The van der Waals surface area contributed by atoms with Gasteiger partial charge in [0.25, 0.3) is 0 Å². The van der Waals surface area contributed by atoms with Crippen LogP contribution in [0, 0.1) is 11.6 Å². The number of carbonyl (C=O) groups excluding carboxylic acids is 1. The van der Waals surface area contributed by atoms with Crippen LogP contribution in [0.4, 0.5) is 25.0 Å². The quantitative estimate of drug-likeness (QED) is 0.928. The lowest BCUT2D eigenvalue weighted by molar-refractivity contribution is 0.139. The third-order valence-corrected chi connectivity index (χ3v) is 4.08. The predicted octanol–water partition coefficient (Wildman–Crippen LogP) is 2.11. The number of carbonyl (C=O) groups is 1. The van der Waals surface area contributed by atoms with E-state index in [1.807, 2.05) is 6.92 Å². The van der Waals surface area contributed by atoms with Crippen molar-refractivity contribution in [2.24, 2.45) is 0 Å². The number of hydrogen-bond donors (Lipinski definition) is 1. The van der Waals surface area contributed by atoms with Crippen LogP contribution in [0.2, 0.25) is 0 Å². The van der Waals surface area contributed by atoms with E-state index in [4.69, 9.17) is 4.74 Å². The van der Waals surface area contributed by atoms with Crippen LogP contribution in [0.25, 0.3) is 0 Å². The molecular formula is C15H19F2N3O2. The first-order valence-electron chi connectivity index (χ1n) is 7.53. The summed E-state index contributed by atoms with van der Waals surface area (Å²) in [6, 6.07) is 2.42. The van der Waals surface area contributed by atoms with Crippen LogP contribution >= 0.6 is 0 Å². The van der Waals surface area contributed by atoms with Crippen LogP contribution in [-0.4, -0.2) is 44.9 Å². The van der Waals surface area contributed by atoms with Crippen molar-refractivity contribution in [3.8, 4) is 0 Å². The van der Waals surface area contributed by atoms with Gasteiger partial charge >= 0.3 is 6.09 Å². The Morgan fingerprint density at radius 1 is 1.27 bits per heavy atom. The van der Waals surface area contributed by atoms with E-state index >= 15 is 0 Å². The van der Waals surface area contributed by atoms with Crippen molar-refractivity contribution in [1.29, 1.82) is 0 Å². The maximum absolute atomic E-state index is 14.4. The van der Waals surface area contributed by atoms with E-state index in [1.165, 1.54) is 17.0 Å². The van der Waals surface area contributed by atoms with Gasteiger partial charge in [-0.1, -0.05) is 6.92 Å². The first kappa shape index (κ1) is 15.0. The Bertz CT molecular complexity index is 553. The lowest BCUT2D eigenvalue weighted by Crippen LogP contribution is -2.44. The monoisotopic (exact) mass is 311 g/mol. The Kier molecular flexibility index (Phi) is 4.15. The molecule has 3 rings (SSSR count). The Balaban J connectivity index is 1.87. The second-order valence-corrected chi connectivity index (χ2v) is 5.52. The van der Waals surface area contributed by atoms with E-state index in [2.05, 4.69) is 5.32 Å². The van der Waals surface area contributed by atoms with Crippen LogP contribution in [0.1, 0.15) is 13.3 Å². The summed E-state index contributed by atoms with van der Waals surface area (Å²) in [4.78, 5) is 14.8. The van der Waals surface area contributed by atoms with Crippen molar-refractivity contribution >= 4 is 17.5 Å². The van der Waals surface area contributed by atoms with Gasteiger partial charge in [0, 0.05) is 38.3 Å². The molecule has 2 aliphatic heterocycles. The molecule has 0 radical (unpaired) electrons. The summed E-state index contributed by atoms with van der Waals surface area (Å²) < 4.78 is 33.9. The molecule has 7 heteroatoms. The normalized spacial score (nSPS) is 22.1. The Morgan fingerprint density at radius 2 is 1.91 bits per heavy atom. The summed E-state index contributed by atoms with van der Waals surface area (Å²) in [5, 5.41) is 3.14. The molecule has 5 nitrogen and oxygen atoms in total. The van der Waals surface area contributed by atoms with Gasteiger partial charge in [-0.15, -0.1) is 0 Å². The zero-order valence-corrected chi connectivity index (χ0v) is 12.4. The minimum absolute atomic E-state index is 0.0233. The molecule has 2 fully saturated rings. The topological polar surface area (TPSA) is 44.8 Å². The van der Waals surface area contributed by atoms with Crippen molar-refractivity contribution in [1.82, 2.24) is 5.32 Å². The summed E-state index contributed by atoms with van der Waals surface area (Å²) >= 11 is 0. The first-order chi connectivity index (χ1) is 10.6. The smallest absolute Gasteiger partial charge is 0.414 e. The molecule has 1 aromatic rings. The zero-order chi connectivity index (χ0) is 15.7. The van der Waals surface area contributed by atoms with Crippen LogP contribution in [0.3, 0.4) is 0 Å². The summed E-state index contributed by atoms with van der Waals surface area (Å²) in [7, 11) is 0. The van der Waals surface area contributed by atoms with Crippen molar-refractivity contribution in [2.75, 3.05) is 42.5 Å². The molecule has 0 saturated carbocycles. The minimum atomic E-state index is -0.648. The Morgan fingerprint density at radius 3 is 2.45 bits per heavy atom. The molecule has 0 bridgehead atoms. The number of anilines is 2. The largest absolute Gasteiger partial charge is 0.444 e. The van der Waals surface area contributed by atoms with Crippen LogP contribution in [-0.2, 0) is 4.74 Å². The lowest BCUT2D eigenvalue weighted by Gasteiger charge is -2.30. The third-order valence-electron chi connectivity index (χ3n) is 4.08. The number of nitrogens with zero attached hydrogens (tertiary/aromatic N) is 2. The molecule has 120 valence electrons. The molecule has 0 aliphatic carbocycles. The highest BCUT2D eigenvalue weighted by Gasteiger charge is 2.32. The highest BCUT2D eigenvalue weighted by Crippen LogP contribution is 2.31. The van der Waals surface area contributed by atoms with Crippen LogP contribution in [0.15, 0.2) is 12.1 Å². The van der Waals surface area contributed by atoms with E-state index in [0.29, 0.717) is 39.1 Å². The average molecular weight is 311 g/mol. The number of piperazine rings is 1. The molecule has 2 aliphatic rings. The Labute approximate surface area is 127 Å². The molecule has 1 unspecified atom stereocenters. The number of hydrogen-bond acceptors (Lipinski definition) is 4. The van der Waals surface area contributed by atoms with Gasteiger partial charge in [0.15, 0.2) is 11.6 Å². The second-order valence-electron chi connectivity index (χ2n) is 5.52. The number of amides is 1. The second kappa shape index (κ2) is 6.08. The number of ether oxygens (including phenoxy) is 1. The molecule has 0 spiro atoms. The highest BCUT2D eigenvalue weighted by atomic mass is 19.1. The molecule has 2 heterocycles. The molecule has 1 amide bonds. The molecule has 0 aromatic heterocycles. The molecule has 1 N–H and O–H groups in total. The fourth-order valence-corrected chi connectivity index (χ4v) is 2.84. The van der Waals surface area contributed by atoms with Gasteiger partial charge in [0.2, 0.25) is 0 Å². The fraction of sp³-hybridized carbons (Fsp3) is 0.533. The summed E-state index contributed by atoms with van der Waals surface area (Å²) in [5.74, 6) is -1.30. The van der Waals surface area contributed by atoms with Crippen molar-refractivity contribution in [2.45, 2.75) is 19.4 Å². The van der Waals surface area contributed by atoms with Gasteiger partial charge < -0.3 is 15.0 Å². The van der Waals surface area contributed by atoms with Gasteiger partial charge in [-0.05, 0) is 6.42 Å². The number of halogens is 2. The van der Waals surface area contributed by atoms with Gasteiger partial charge in [0.1, 0.15) is 11.8 Å². The first-order valence-corrected chi connectivity index (χ1v) is 7.53. The molecular weight excluding hydrogens is 292 g/mol. The van der Waals surface area contributed by atoms with Crippen LogP contribution in [0.5, 0.6) is 0 Å². The highest BCUT2D eigenvalue weighted by molar-refractivity contribution is 5.90. The lowest BCUT2D eigenvalue weighted by atomic mass is 10.2. The van der Waals surface area contributed by atoms with Crippen molar-refractivity contribution in [3.63, 3.8) is 0 Å².